The average Bonchev–Trinajstić information content (AvgIpc) is 2.52. The summed E-state index contributed by atoms with van der Waals surface area (Å²) in [5.74, 6) is -2.04. The molecule has 2 rings (SSSR count). The molecule has 0 fully saturated rings. The molecule has 0 aliphatic carbocycles. The van der Waals surface area contributed by atoms with Crippen LogP contribution in [0.4, 0.5) is 8.78 Å². The normalized spacial score (nSPS) is 10.5. The van der Waals surface area contributed by atoms with Crippen LogP contribution in [-0.2, 0) is 0 Å². The molecule has 3 nitrogen and oxygen atoms in total. The van der Waals surface area contributed by atoms with Crippen molar-refractivity contribution in [3.05, 3.63) is 63.1 Å². The minimum absolute atomic E-state index is 0.0864. The molecule has 0 aliphatic heterocycles. The van der Waals surface area contributed by atoms with Gasteiger partial charge in [0.25, 0.3) is 5.91 Å². The Bertz CT molecular complexity index is 710. The van der Waals surface area contributed by atoms with Gasteiger partial charge in [0, 0.05) is 11.5 Å². The molecule has 122 valence electrons. The fourth-order valence-electron chi connectivity index (χ4n) is 1.82. The van der Waals surface area contributed by atoms with Crippen molar-refractivity contribution in [2.45, 2.75) is 0 Å². The van der Waals surface area contributed by atoms with Crippen molar-refractivity contribution in [1.82, 2.24) is 4.90 Å². The van der Waals surface area contributed by atoms with E-state index in [1.54, 1.807) is 12.1 Å². The van der Waals surface area contributed by atoms with Crippen molar-refractivity contribution < 1.29 is 18.3 Å². The molecular weight excluding hydrogens is 392 g/mol. The molecule has 0 unspecified atom stereocenters. The molecule has 2 aromatic carbocycles. The van der Waals surface area contributed by atoms with Gasteiger partial charge in [-0.15, -0.1) is 0 Å². The highest BCUT2D eigenvalue weighted by Gasteiger charge is 2.18. The topological polar surface area (TPSA) is 29.5 Å². The van der Waals surface area contributed by atoms with E-state index in [-0.39, 0.29) is 23.7 Å². The van der Waals surface area contributed by atoms with Crippen LogP contribution in [0.5, 0.6) is 5.75 Å². The molecule has 0 aromatic heterocycles. The Morgan fingerprint density at radius 1 is 1.22 bits per heavy atom. The van der Waals surface area contributed by atoms with E-state index in [0.29, 0.717) is 5.75 Å². The van der Waals surface area contributed by atoms with E-state index < -0.39 is 17.5 Å². The molecule has 0 saturated carbocycles. The Kier molecular flexibility index (Phi) is 5.96. The SMILES string of the molecule is CN(CCOc1ccc(Br)cc1)C(=O)c1cc(F)c(F)cc1Cl. The standard InChI is InChI=1S/C16H13BrClF2NO2/c1-21(6-7-23-11-4-2-10(17)3-5-11)16(22)12-8-14(19)15(20)9-13(12)18/h2-5,8-9H,6-7H2,1H3. The fourth-order valence-corrected chi connectivity index (χ4v) is 2.32. The molecule has 0 bridgehead atoms. The molecule has 0 aliphatic rings. The molecule has 0 N–H and O–H groups in total. The number of likely N-dealkylation sites (N-methyl/N-ethyl adjacent to an activating group) is 1. The summed E-state index contributed by atoms with van der Waals surface area (Å²) in [5, 5.41) is -0.130. The zero-order chi connectivity index (χ0) is 17.0. The summed E-state index contributed by atoms with van der Waals surface area (Å²) in [4.78, 5) is 13.5. The predicted octanol–water partition coefficient (Wildman–Crippen LogP) is 4.53. The highest BCUT2D eigenvalue weighted by molar-refractivity contribution is 9.10. The second-order valence-corrected chi connectivity index (χ2v) is 6.10. The minimum Gasteiger partial charge on any atom is -0.492 e. The fraction of sp³-hybridized carbons (Fsp3) is 0.188. The van der Waals surface area contributed by atoms with Crippen LogP contribution in [0.3, 0.4) is 0 Å². The van der Waals surface area contributed by atoms with Gasteiger partial charge in [-0.1, -0.05) is 27.5 Å². The van der Waals surface area contributed by atoms with Crippen LogP contribution in [0, 0.1) is 11.6 Å². The van der Waals surface area contributed by atoms with Gasteiger partial charge in [0.1, 0.15) is 12.4 Å². The lowest BCUT2D eigenvalue weighted by Crippen LogP contribution is -2.31. The minimum atomic E-state index is -1.11. The third-order valence-electron chi connectivity index (χ3n) is 3.10. The Morgan fingerprint density at radius 3 is 2.48 bits per heavy atom. The number of ether oxygens (including phenoxy) is 1. The zero-order valence-corrected chi connectivity index (χ0v) is 14.5. The lowest BCUT2D eigenvalue weighted by atomic mass is 10.2. The van der Waals surface area contributed by atoms with Gasteiger partial charge in [0.05, 0.1) is 17.1 Å². The van der Waals surface area contributed by atoms with Crippen LogP contribution < -0.4 is 4.74 Å². The number of amides is 1. The highest BCUT2D eigenvalue weighted by Crippen LogP contribution is 2.21. The quantitative estimate of drug-likeness (QED) is 0.685. The predicted molar refractivity (Wildman–Crippen MR) is 88.0 cm³/mol. The molecule has 1 amide bonds. The molecule has 23 heavy (non-hydrogen) atoms. The first-order chi connectivity index (χ1) is 10.9. The summed E-state index contributed by atoms with van der Waals surface area (Å²) in [6, 6.07) is 8.84. The number of benzene rings is 2. The van der Waals surface area contributed by atoms with E-state index in [9.17, 15) is 13.6 Å². The molecule has 0 saturated heterocycles. The van der Waals surface area contributed by atoms with E-state index in [1.807, 2.05) is 12.1 Å². The maximum Gasteiger partial charge on any atom is 0.255 e. The van der Waals surface area contributed by atoms with Gasteiger partial charge < -0.3 is 9.64 Å². The van der Waals surface area contributed by atoms with Gasteiger partial charge in [-0.2, -0.15) is 0 Å². The van der Waals surface area contributed by atoms with Crippen LogP contribution in [0.2, 0.25) is 5.02 Å². The molecule has 2 aromatic rings. The van der Waals surface area contributed by atoms with E-state index in [2.05, 4.69) is 15.9 Å². The molecule has 0 radical (unpaired) electrons. The van der Waals surface area contributed by atoms with E-state index in [4.69, 9.17) is 16.3 Å². The van der Waals surface area contributed by atoms with Crippen molar-refractivity contribution in [1.29, 1.82) is 0 Å². The molecule has 7 heteroatoms. The number of hydrogen-bond acceptors (Lipinski definition) is 2. The van der Waals surface area contributed by atoms with Crippen LogP contribution >= 0.6 is 27.5 Å². The van der Waals surface area contributed by atoms with Crippen LogP contribution in [0.1, 0.15) is 10.4 Å². The number of nitrogens with zero attached hydrogens (tertiary/aromatic N) is 1. The largest absolute Gasteiger partial charge is 0.492 e. The van der Waals surface area contributed by atoms with Crippen molar-refractivity contribution in [2.24, 2.45) is 0 Å². The van der Waals surface area contributed by atoms with Gasteiger partial charge in [-0.3, -0.25) is 4.79 Å². The Labute approximate surface area is 145 Å². The number of hydrogen-bond donors (Lipinski definition) is 0. The Balaban J connectivity index is 1.95. The maximum absolute atomic E-state index is 13.3. The summed E-state index contributed by atoms with van der Waals surface area (Å²) >= 11 is 9.12. The first-order valence-electron chi connectivity index (χ1n) is 6.67. The Morgan fingerprint density at radius 2 is 1.83 bits per heavy atom. The van der Waals surface area contributed by atoms with Gasteiger partial charge in [0.15, 0.2) is 11.6 Å². The second-order valence-electron chi connectivity index (χ2n) is 4.78. The van der Waals surface area contributed by atoms with Crippen LogP contribution in [0.25, 0.3) is 0 Å². The maximum atomic E-state index is 13.3. The lowest BCUT2D eigenvalue weighted by molar-refractivity contribution is 0.0773. The zero-order valence-electron chi connectivity index (χ0n) is 12.2. The van der Waals surface area contributed by atoms with Crippen molar-refractivity contribution >= 4 is 33.4 Å². The lowest BCUT2D eigenvalue weighted by Gasteiger charge is -2.18. The summed E-state index contributed by atoms with van der Waals surface area (Å²) in [5.41, 5.74) is -0.0864. The number of carbonyl (C=O) groups excluding carboxylic acids is 1. The van der Waals surface area contributed by atoms with E-state index in [0.717, 1.165) is 16.6 Å². The first-order valence-corrected chi connectivity index (χ1v) is 7.84. The average molecular weight is 405 g/mol. The van der Waals surface area contributed by atoms with E-state index >= 15 is 0 Å². The summed E-state index contributed by atoms with van der Waals surface area (Å²) < 4.78 is 32.7. The third-order valence-corrected chi connectivity index (χ3v) is 3.94. The van der Waals surface area contributed by atoms with Crippen LogP contribution in [0.15, 0.2) is 40.9 Å². The van der Waals surface area contributed by atoms with E-state index in [1.165, 1.54) is 11.9 Å². The van der Waals surface area contributed by atoms with Gasteiger partial charge >= 0.3 is 0 Å². The second kappa shape index (κ2) is 7.75. The summed E-state index contributed by atoms with van der Waals surface area (Å²) in [6.45, 7) is 0.523. The van der Waals surface area contributed by atoms with Crippen molar-refractivity contribution in [3.63, 3.8) is 0 Å². The number of halogens is 4. The van der Waals surface area contributed by atoms with Gasteiger partial charge in [0.2, 0.25) is 0 Å². The van der Waals surface area contributed by atoms with Crippen molar-refractivity contribution in [2.75, 3.05) is 20.2 Å². The third kappa shape index (κ3) is 4.65. The summed E-state index contributed by atoms with van der Waals surface area (Å²) in [7, 11) is 1.53. The molecule has 0 heterocycles. The van der Waals surface area contributed by atoms with Crippen LogP contribution in [-0.4, -0.2) is 31.0 Å². The van der Waals surface area contributed by atoms with Gasteiger partial charge in [-0.05, 0) is 36.4 Å². The number of rotatable bonds is 5. The number of carbonyl (C=O) groups is 1. The molecular formula is C16H13BrClF2NO2. The van der Waals surface area contributed by atoms with Crippen molar-refractivity contribution in [3.8, 4) is 5.75 Å². The molecule has 0 atom stereocenters. The van der Waals surface area contributed by atoms with Gasteiger partial charge in [-0.25, -0.2) is 8.78 Å². The Hall–Kier alpha value is -1.66. The highest BCUT2D eigenvalue weighted by atomic mass is 79.9. The summed E-state index contributed by atoms with van der Waals surface area (Å²) in [6.07, 6.45) is 0. The monoisotopic (exact) mass is 403 g/mol. The first kappa shape index (κ1) is 17.7. The molecule has 0 spiro atoms. The smallest absolute Gasteiger partial charge is 0.255 e.